The van der Waals surface area contributed by atoms with Gasteiger partial charge in [-0.1, -0.05) is 175 Å². The van der Waals surface area contributed by atoms with E-state index in [2.05, 4.69) is 258 Å². The van der Waals surface area contributed by atoms with Gasteiger partial charge < -0.3 is 19.1 Å². The van der Waals surface area contributed by atoms with Gasteiger partial charge in [0.25, 0.3) is 0 Å². The molecular formula is C64H55N4OPt-3. The monoisotopic (exact) mass is 1090 g/mol. The molecule has 5 nitrogen and oxygen atoms in total. The summed E-state index contributed by atoms with van der Waals surface area (Å²) in [6, 6.07) is 76.4. The number of benzene rings is 8. The first-order valence-electron chi connectivity index (χ1n) is 23.9. The standard InChI is InChI=1S/C64H55N4O.Pt/c1-62(2,3)48-25-17-26-51(38-48)67-43-66(58-34-30-49(39-60(58)67)63(4,5)46-21-13-9-14-22-46)52-27-18-28-53(41-52)69-54-31-32-55-56-37-45(44-19-11-8-12-20-44)29-33-57(56)68(59(55)42-54)61-40-50(35-36-65-61)64(6,7)47-23-15-10-16-24-47;/h8-40,43H,1-7H3;/q-3;. The van der Waals surface area contributed by atoms with E-state index in [1.165, 1.54) is 33.4 Å². The van der Waals surface area contributed by atoms with Crippen molar-refractivity contribution in [2.75, 3.05) is 9.80 Å². The first-order chi connectivity index (χ1) is 33.3. The maximum absolute atomic E-state index is 6.77. The summed E-state index contributed by atoms with van der Waals surface area (Å²) in [7, 11) is 0. The van der Waals surface area contributed by atoms with Crippen molar-refractivity contribution >= 4 is 44.6 Å². The number of hydrogen-bond donors (Lipinski definition) is 0. The van der Waals surface area contributed by atoms with E-state index in [1.807, 2.05) is 24.4 Å². The number of rotatable bonds is 10. The molecule has 0 N–H and O–H groups in total. The van der Waals surface area contributed by atoms with Crippen molar-refractivity contribution in [3.8, 4) is 28.4 Å². The Morgan fingerprint density at radius 2 is 1.11 bits per heavy atom. The Morgan fingerprint density at radius 1 is 0.471 bits per heavy atom. The number of fused-ring (bicyclic) bond motifs is 4. The van der Waals surface area contributed by atoms with Crippen LogP contribution < -0.4 is 14.5 Å². The molecule has 0 saturated heterocycles. The average molecular weight is 1090 g/mol. The van der Waals surface area contributed by atoms with E-state index < -0.39 is 0 Å². The van der Waals surface area contributed by atoms with Crippen molar-refractivity contribution in [2.45, 2.75) is 64.7 Å². The molecule has 8 aromatic carbocycles. The predicted octanol–water partition coefficient (Wildman–Crippen LogP) is 16.6. The Balaban J connectivity index is 0.00000567. The van der Waals surface area contributed by atoms with Crippen LogP contribution in [0.3, 0.4) is 0 Å². The molecule has 2 aromatic heterocycles. The van der Waals surface area contributed by atoms with Crippen LogP contribution in [-0.4, -0.2) is 9.55 Å². The van der Waals surface area contributed by atoms with Gasteiger partial charge >= 0.3 is 0 Å². The van der Waals surface area contributed by atoms with Gasteiger partial charge in [-0.05, 0) is 92.2 Å². The number of aromatic nitrogens is 2. The molecule has 0 spiro atoms. The fourth-order valence-corrected chi connectivity index (χ4v) is 9.83. The molecule has 350 valence electrons. The summed E-state index contributed by atoms with van der Waals surface area (Å²) in [6.07, 6.45) is 1.92. The molecule has 0 aliphatic carbocycles. The van der Waals surface area contributed by atoms with Crippen LogP contribution in [0, 0.1) is 18.8 Å². The second-order valence-electron chi connectivity index (χ2n) is 20.3. The normalized spacial score (nSPS) is 12.8. The van der Waals surface area contributed by atoms with Gasteiger partial charge in [0.1, 0.15) is 5.82 Å². The topological polar surface area (TPSA) is 33.5 Å². The second-order valence-corrected chi connectivity index (χ2v) is 20.3. The number of anilines is 4. The third kappa shape index (κ3) is 8.51. The average Bonchev–Trinajstić information content (AvgIpc) is 3.92. The van der Waals surface area contributed by atoms with Crippen LogP contribution in [0.5, 0.6) is 11.5 Å². The molecular weight excluding hydrogens is 1040 g/mol. The summed E-state index contributed by atoms with van der Waals surface area (Å²) in [4.78, 5) is 9.55. The van der Waals surface area contributed by atoms with Crippen LogP contribution in [0.2, 0.25) is 0 Å². The van der Waals surface area contributed by atoms with E-state index in [0.29, 0.717) is 11.5 Å². The summed E-state index contributed by atoms with van der Waals surface area (Å²) in [5.41, 5.74) is 14.1. The molecule has 1 aliphatic rings. The molecule has 0 saturated carbocycles. The smallest absolute Gasteiger partial charge is 0.135 e. The summed E-state index contributed by atoms with van der Waals surface area (Å²) < 4.78 is 8.99. The van der Waals surface area contributed by atoms with E-state index in [9.17, 15) is 0 Å². The zero-order valence-electron chi connectivity index (χ0n) is 40.6. The van der Waals surface area contributed by atoms with Gasteiger partial charge in [0.05, 0.1) is 0 Å². The number of ether oxygens (including phenoxy) is 1. The SMILES string of the molecule is CC(C)(C)c1cccc(N2[CH-]N(c3[c-]c(Oc4[c-]c5c(cc4)c4cc(-c6ccccc6)ccc4n5-c4cc(C(C)(C)c5ccccc5)ccn4)ccc3)c3ccc(C(C)(C)c4ccccc4)cc32)c1.[Pt]. The minimum absolute atomic E-state index is 0. The predicted molar refractivity (Wildman–Crippen MR) is 286 cm³/mol. The van der Waals surface area contributed by atoms with Crippen molar-refractivity contribution in [2.24, 2.45) is 0 Å². The summed E-state index contributed by atoms with van der Waals surface area (Å²) in [5.74, 6) is 2.00. The van der Waals surface area contributed by atoms with E-state index in [0.717, 1.165) is 55.9 Å². The molecule has 3 heterocycles. The molecule has 0 bridgehead atoms. The van der Waals surface area contributed by atoms with Gasteiger partial charge in [-0.25, -0.2) is 4.98 Å². The minimum Gasteiger partial charge on any atom is -0.509 e. The van der Waals surface area contributed by atoms with Gasteiger partial charge in [-0.2, -0.15) is 12.1 Å². The fraction of sp³-hybridized carbons (Fsp3) is 0.156. The Kier molecular flexibility index (Phi) is 12.1. The van der Waals surface area contributed by atoms with Gasteiger partial charge in [-0.15, -0.1) is 48.1 Å². The number of pyridine rings is 1. The van der Waals surface area contributed by atoms with Gasteiger partial charge in [0.2, 0.25) is 0 Å². The van der Waals surface area contributed by atoms with E-state index in [1.54, 1.807) is 0 Å². The Labute approximate surface area is 427 Å². The van der Waals surface area contributed by atoms with E-state index in [-0.39, 0.29) is 37.3 Å². The van der Waals surface area contributed by atoms with Crippen molar-refractivity contribution in [1.29, 1.82) is 0 Å². The van der Waals surface area contributed by atoms with Crippen molar-refractivity contribution in [1.82, 2.24) is 9.55 Å². The van der Waals surface area contributed by atoms with Crippen LogP contribution in [0.1, 0.15) is 76.3 Å². The first kappa shape index (κ1) is 46.5. The molecule has 11 rings (SSSR count). The van der Waals surface area contributed by atoms with Crippen LogP contribution in [0.15, 0.2) is 200 Å². The minimum atomic E-state index is -0.251. The maximum Gasteiger partial charge on any atom is 0.135 e. The Bertz CT molecular complexity index is 3500. The zero-order valence-corrected chi connectivity index (χ0v) is 42.9. The molecule has 0 fully saturated rings. The molecule has 0 atom stereocenters. The molecule has 10 aromatic rings. The van der Waals surface area contributed by atoms with Gasteiger partial charge in [-0.3, -0.25) is 0 Å². The molecule has 6 heteroatoms. The zero-order chi connectivity index (χ0) is 47.5. The van der Waals surface area contributed by atoms with E-state index >= 15 is 0 Å². The van der Waals surface area contributed by atoms with Crippen LogP contribution in [0.25, 0.3) is 38.8 Å². The third-order valence-corrected chi connectivity index (χ3v) is 14.1. The summed E-state index contributed by atoms with van der Waals surface area (Å²) >= 11 is 0. The summed E-state index contributed by atoms with van der Waals surface area (Å²) in [5, 5.41) is 2.18. The largest absolute Gasteiger partial charge is 0.509 e. The van der Waals surface area contributed by atoms with Crippen LogP contribution in [0.4, 0.5) is 22.7 Å². The quantitative estimate of drug-likeness (QED) is 0.128. The van der Waals surface area contributed by atoms with Gasteiger partial charge in [0, 0.05) is 72.2 Å². The Hall–Kier alpha value is -7.20. The van der Waals surface area contributed by atoms with Crippen LogP contribution in [-0.2, 0) is 37.3 Å². The molecule has 0 unspecified atom stereocenters. The third-order valence-electron chi connectivity index (χ3n) is 14.1. The van der Waals surface area contributed by atoms with Crippen molar-refractivity contribution in [3.05, 3.63) is 247 Å². The maximum atomic E-state index is 6.77. The first-order valence-corrected chi connectivity index (χ1v) is 23.9. The molecule has 0 radical (unpaired) electrons. The molecule has 0 amide bonds. The van der Waals surface area contributed by atoms with Crippen molar-refractivity contribution < 1.29 is 25.8 Å². The summed E-state index contributed by atoms with van der Waals surface area (Å²) in [6.45, 7) is 18.1. The number of nitrogens with zero attached hydrogens (tertiary/aromatic N) is 4. The Morgan fingerprint density at radius 3 is 1.81 bits per heavy atom. The fourth-order valence-electron chi connectivity index (χ4n) is 9.83. The molecule has 70 heavy (non-hydrogen) atoms. The van der Waals surface area contributed by atoms with Crippen LogP contribution >= 0.6 is 0 Å². The second kappa shape index (κ2) is 18.3. The van der Waals surface area contributed by atoms with Crippen molar-refractivity contribution in [3.63, 3.8) is 0 Å². The van der Waals surface area contributed by atoms with Gasteiger partial charge in [0.15, 0.2) is 0 Å². The molecule has 1 aliphatic heterocycles. The van der Waals surface area contributed by atoms with E-state index in [4.69, 9.17) is 9.72 Å². The number of hydrogen-bond acceptors (Lipinski definition) is 4.